The first kappa shape index (κ1) is 13.3. The van der Waals surface area contributed by atoms with Gasteiger partial charge in [0.2, 0.25) is 0 Å². The van der Waals surface area contributed by atoms with Gasteiger partial charge in [0.15, 0.2) is 0 Å². The Labute approximate surface area is 120 Å². The summed E-state index contributed by atoms with van der Waals surface area (Å²) in [5, 5.41) is 10.6. The minimum Gasteiger partial charge on any atom is -0.387 e. The van der Waals surface area contributed by atoms with Crippen molar-refractivity contribution in [3.05, 3.63) is 81.0 Å². The average Bonchev–Trinajstić information content (AvgIpc) is 2.52. The molecule has 5 heteroatoms. The van der Waals surface area contributed by atoms with Gasteiger partial charge < -0.3 is 10.1 Å². The van der Waals surface area contributed by atoms with Crippen LogP contribution in [-0.2, 0) is 6.54 Å². The minimum absolute atomic E-state index is 0.0803. The first-order valence-electron chi connectivity index (χ1n) is 6.61. The Morgan fingerprint density at radius 2 is 1.67 bits per heavy atom. The monoisotopic (exact) mass is 282 g/mol. The number of nitrogens with one attached hydrogen (secondary N) is 1. The predicted molar refractivity (Wildman–Crippen MR) is 80.2 cm³/mol. The molecule has 3 aromatic rings. The number of hydrogen-bond donors (Lipinski definition) is 2. The molecule has 0 radical (unpaired) electrons. The van der Waals surface area contributed by atoms with Crippen molar-refractivity contribution >= 4 is 10.9 Å². The molecule has 1 atom stereocenters. The highest BCUT2D eigenvalue weighted by molar-refractivity contribution is 5.76. The molecule has 1 aromatic heterocycles. The lowest BCUT2D eigenvalue weighted by molar-refractivity contribution is 0.153. The van der Waals surface area contributed by atoms with Crippen LogP contribution >= 0.6 is 0 Å². The number of fused-ring (bicyclic) bond motifs is 1. The summed E-state index contributed by atoms with van der Waals surface area (Å²) in [4.78, 5) is 27.0. The smallest absolute Gasteiger partial charge is 0.328 e. The molecular weight excluding hydrogens is 268 g/mol. The summed E-state index contributed by atoms with van der Waals surface area (Å²) in [7, 11) is 0. The number of nitrogens with zero attached hydrogens (tertiary/aromatic N) is 1. The van der Waals surface area contributed by atoms with E-state index in [0.717, 1.165) is 4.57 Å². The van der Waals surface area contributed by atoms with Crippen LogP contribution in [0.25, 0.3) is 10.9 Å². The normalized spacial score (nSPS) is 12.4. The van der Waals surface area contributed by atoms with Gasteiger partial charge >= 0.3 is 5.69 Å². The molecule has 0 aliphatic rings. The van der Waals surface area contributed by atoms with E-state index in [1.165, 1.54) is 0 Å². The van der Waals surface area contributed by atoms with E-state index in [-0.39, 0.29) is 6.54 Å². The zero-order chi connectivity index (χ0) is 14.8. The van der Waals surface area contributed by atoms with Gasteiger partial charge in [-0.3, -0.25) is 9.36 Å². The first-order valence-corrected chi connectivity index (χ1v) is 6.61. The highest BCUT2D eigenvalue weighted by Crippen LogP contribution is 2.13. The van der Waals surface area contributed by atoms with Crippen LogP contribution in [0.2, 0.25) is 0 Å². The number of benzene rings is 2. The molecule has 1 unspecified atom stereocenters. The van der Waals surface area contributed by atoms with Gasteiger partial charge in [-0.05, 0) is 17.7 Å². The van der Waals surface area contributed by atoms with Crippen LogP contribution in [0.4, 0.5) is 0 Å². The van der Waals surface area contributed by atoms with E-state index < -0.39 is 17.4 Å². The molecule has 2 N–H and O–H groups in total. The van der Waals surface area contributed by atoms with Gasteiger partial charge in [0, 0.05) is 0 Å². The fraction of sp³-hybridized carbons (Fsp3) is 0.125. The number of rotatable bonds is 3. The minimum atomic E-state index is -0.911. The molecule has 0 bridgehead atoms. The highest BCUT2D eigenvalue weighted by Gasteiger charge is 2.13. The maximum atomic E-state index is 12.3. The Balaban J connectivity index is 2.05. The van der Waals surface area contributed by atoms with E-state index in [9.17, 15) is 14.7 Å². The molecule has 0 saturated heterocycles. The third kappa shape index (κ3) is 2.51. The molecule has 5 nitrogen and oxygen atoms in total. The molecule has 1 heterocycles. The van der Waals surface area contributed by atoms with E-state index >= 15 is 0 Å². The van der Waals surface area contributed by atoms with Gasteiger partial charge in [0.05, 0.1) is 23.6 Å². The van der Waals surface area contributed by atoms with Gasteiger partial charge in [0.1, 0.15) is 0 Å². The van der Waals surface area contributed by atoms with Gasteiger partial charge in [-0.2, -0.15) is 0 Å². The molecule has 0 fully saturated rings. The SMILES string of the molecule is O=c1[nH]c2ccccc2c(=O)n1CC(O)c1ccccc1. The van der Waals surface area contributed by atoms with Crippen molar-refractivity contribution in [2.45, 2.75) is 12.6 Å². The van der Waals surface area contributed by atoms with Crippen molar-refractivity contribution in [2.75, 3.05) is 0 Å². The quantitative estimate of drug-likeness (QED) is 0.763. The summed E-state index contributed by atoms with van der Waals surface area (Å²) in [5.41, 5.74) is 0.243. The van der Waals surface area contributed by atoms with Gasteiger partial charge in [-0.1, -0.05) is 42.5 Å². The average molecular weight is 282 g/mol. The van der Waals surface area contributed by atoms with E-state index in [1.807, 2.05) is 6.07 Å². The zero-order valence-corrected chi connectivity index (χ0v) is 11.2. The topological polar surface area (TPSA) is 75.1 Å². The lowest BCUT2D eigenvalue weighted by Gasteiger charge is -2.12. The molecule has 0 spiro atoms. The van der Waals surface area contributed by atoms with Crippen molar-refractivity contribution in [1.82, 2.24) is 9.55 Å². The van der Waals surface area contributed by atoms with E-state index in [0.29, 0.717) is 16.5 Å². The summed E-state index contributed by atoms with van der Waals surface area (Å²) in [6, 6.07) is 15.8. The maximum Gasteiger partial charge on any atom is 0.328 e. The number of hydrogen-bond acceptors (Lipinski definition) is 3. The fourth-order valence-electron chi connectivity index (χ4n) is 2.32. The number of aromatic amines is 1. The van der Waals surface area contributed by atoms with Crippen LogP contribution in [0.15, 0.2) is 64.2 Å². The predicted octanol–water partition coefficient (Wildman–Crippen LogP) is 1.42. The Hall–Kier alpha value is -2.66. The Bertz CT molecular complexity index is 881. The second kappa shape index (κ2) is 5.38. The van der Waals surface area contributed by atoms with Crippen molar-refractivity contribution in [3.8, 4) is 0 Å². The highest BCUT2D eigenvalue weighted by atomic mass is 16.3. The fourth-order valence-corrected chi connectivity index (χ4v) is 2.32. The maximum absolute atomic E-state index is 12.3. The standard InChI is InChI=1S/C16H14N2O3/c19-14(11-6-2-1-3-7-11)10-18-15(20)12-8-4-5-9-13(12)17-16(18)21/h1-9,14,19H,10H2,(H,17,21). The number of aliphatic hydroxyl groups is 1. The summed E-state index contributed by atoms with van der Waals surface area (Å²) >= 11 is 0. The van der Waals surface area contributed by atoms with E-state index in [2.05, 4.69) is 4.98 Å². The molecule has 106 valence electrons. The Kier molecular flexibility index (Phi) is 3.41. The molecule has 2 aromatic carbocycles. The van der Waals surface area contributed by atoms with Crippen molar-refractivity contribution in [3.63, 3.8) is 0 Å². The summed E-state index contributed by atoms with van der Waals surface area (Å²) in [6.07, 6.45) is -0.911. The Morgan fingerprint density at radius 3 is 2.43 bits per heavy atom. The second-order valence-corrected chi connectivity index (χ2v) is 4.82. The summed E-state index contributed by atoms with van der Waals surface area (Å²) in [5.74, 6) is 0. The van der Waals surface area contributed by atoms with E-state index in [4.69, 9.17) is 0 Å². The number of H-pyrrole nitrogens is 1. The van der Waals surface area contributed by atoms with Crippen LogP contribution in [0.1, 0.15) is 11.7 Å². The van der Waals surface area contributed by atoms with Crippen LogP contribution in [-0.4, -0.2) is 14.7 Å². The van der Waals surface area contributed by atoms with Crippen molar-refractivity contribution in [1.29, 1.82) is 0 Å². The van der Waals surface area contributed by atoms with E-state index in [1.54, 1.807) is 48.5 Å². The molecule has 0 saturated carbocycles. The molecule has 0 aliphatic heterocycles. The van der Waals surface area contributed by atoms with Crippen molar-refractivity contribution in [2.24, 2.45) is 0 Å². The number of para-hydroxylation sites is 1. The zero-order valence-electron chi connectivity index (χ0n) is 11.2. The molecule has 21 heavy (non-hydrogen) atoms. The summed E-state index contributed by atoms with van der Waals surface area (Å²) in [6.45, 7) is -0.0803. The van der Waals surface area contributed by atoms with Crippen LogP contribution in [0.3, 0.4) is 0 Å². The third-order valence-electron chi connectivity index (χ3n) is 3.43. The van der Waals surface area contributed by atoms with Crippen LogP contribution in [0, 0.1) is 0 Å². The number of aromatic nitrogens is 2. The molecule has 3 rings (SSSR count). The van der Waals surface area contributed by atoms with Crippen LogP contribution in [0.5, 0.6) is 0 Å². The first-order chi connectivity index (χ1) is 10.2. The molecule has 0 aliphatic carbocycles. The Morgan fingerprint density at radius 1 is 1.00 bits per heavy atom. The van der Waals surface area contributed by atoms with Crippen LogP contribution < -0.4 is 11.2 Å². The third-order valence-corrected chi connectivity index (χ3v) is 3.43. The molecule has 0 amide bonds. The summed E-state index contributed by atoms with van der Waals surface area (Å²) < 4.78 is 1.03. The lowest BCUT2D eigenvalue weighted by Crippen LogP contribution is -2.36. The molecular formula is C16H14N2O3. The largest absolute Gasteiger partial charge is 0.387 e. The number of aliphatic hydroxyl groups excluding tert-OH is 1. The van der Waals surface area contributed by atoms with Gasteiger partial charge in [0.25, 0.3) is 5.56 Å². The van der Waals surface area contributed by atoms with Gasteiger partial charge in [-0.15, -0.1) is 0 Å². The van der Waals surface area contributed by atoms with Gasteiger partial charge in [-0.25, -0.2) is 4.79 Å². The van der Waals surface area contributed by atoms with Crippen molar-refractivity contribution < 1.29 is 5.11 Å². The lowest BCUT2D eigenvalue weighted by atomic mass is 10.1. The second-order valence-electron chi connectivity index (χ2n) is 4.82.